The van der Waals surface area contributed by atoms with Gasteiger partial charge in [0.25, 0.3) is 0 Å². The molecule has 17 nitrogen and oxygen atoms in total. The van der Waals surface area contributed by atoms with E-state index in [-0.39, 0.29) is 12.3 Å². The van der Waals surface area contributed by atoms with E-state index in [1.165, 1.54) is 6.20 Å². The predicted molar refractivity (Wildman–Crippen MR) is 95.6 cm³/mol. The molecule has 5 atom stereocenters. The second-order valence-electron chi connectivity index (χ2n) is 6.33. The number of hydrogen-bond donors (Lipinski definition) is 6. The average Bonchev–Trinajstić information content (AvgIpc) is 2.97. The van der Waals surface area contributed by atoms with Crippen LogP contribution >= 0.6 is 23.2 Å². The summed E-state index contributed by atoms with van der Waals surface area (Å²) in [5.41, 5.74) is 0.644. The molecule has 0 aromatic carbocycles. The van der Waals surface area contributed by atoms with Gasteiger partial charge in [0.1, 0.15) is 18.9 Å². The molecule has 0 aromatic rings. The number of amides is 2. The Hall–Kier alpha value is -1.19. The van der Waals surface area contributed by atoms with Gasteiger partial charge in [0.05, 0.1) is 0 Å². The van der Waals surface area contributed by atoms with Gasteiger partial charge in [-0.15, -0.1) is 0 Å². The van der Waals surface area contributed by atoms with Crippen molar-refractivity contribution >= 4 is 35.1 Å². The summed E-state index contributed by atoms with van der Waals surface area (Å²) in [5, 5.41) is 16.3. The lowest BCUT2D eigenvalue weighted by molar-refractivity contribution is -0.169. The summed E-state index contributed by atoms with van der Waals surface area (Å²) in [7, 11) is -16.2. The summed E-state index contributed by atoms with van der Waals surface area (Å²) in [6, 6.07) is -0.641. The van der Waals surface area contributed by atoms with Gasteiger partial charge in [-0.2, -0.15) is 4.31 Å². The van der Waals surface area contributed by atoms with Gasteiger partial charge >= 0.3 is 29.3 Å². The number of rotatable bonds is 8. The van der Waals surface area contributed by atoms with Gasteiger partial charge in [-0.3, -0.25) is 14.8 Å². The van der Waals surface area contributed by atoms with E-state index in [2.05, 4.69) is 19.1 Å². The topological polar surface area (TPSA) is 243 Å². The van der Waals surface area contributed by atoms with Gasteiger partial charge in [-0.25, -0.2) is 18.2 Å². The fourth-order valence-electron chi connectivity index (χ4n) is 2.73. The first kappa shape index (κ1) is 24.5. The molecule has 0 aliphatic carbocycles. The maximum absolute atomic E-state index is 12.2. The van der Waals surface area contributed by atoms with E-state index >= 15 is 0 Å². The number of nitrogens with one attached hydrogen (secondary N) is 1. The quantitative estimate of drug-likeness (QED) is 0.225. The van der Waals surface area contributed by atoms with Gasteiger partial charge < -0.3 is 39.0 Å². The zero-order valence-electron chi connectivity index (χ0n) is 15.3. The fourth-order valence-corrected chi connectivity index (χ4v) is 6.00. The maximum atomic E-state index is 12.2. The molecule has 0 aromatic heterocycles. The number of phosphoric acid groups is 2. The van der Waals surface area contributed by atoms with Crippen LogP contribution in [0.3, 0.4) is 0 Å². The number of hydrogen-bond acceptors (Lipinski definition) is 11. The summed E-state index contributed by atoms with van der Waals surface area (Å²) in [6.07, 6.45) is -3.49. The molecule has 2 amide bonds. The fraction of sp³-hybridized carbons (Fsp3) is 0.636. The lowest BCUT2D eigenvalue weighted by atomic mass is 10.1. The third-order valence-corrected chi connectivity index (χ3v) is 7.88. The monoisotopic (exact) mass is 509 g/mol. The number of ether oxygens (including phenoxy) is 2. The van der Waals surface area contributed by atoms with Crippen LogP contribution < -0.4 is 5.32 Å². The Morgan fingerprint density at radius 2 is 1.94 bits per heavy atom. The Morgan fingerprint density at radius 3 is 2.61 bits per heavy atom. The molecule has 2 unspecified atom stereocenters. The van der Waals surface area contributed by atoms with Crippen LogP contribution in [0.2, 0.25) is 0 Å². The highest BCUT2D eigenvalue weighted by atomic mass is 31.3. The molecule has 1 fully saturated rings. The first-order valence-corrected chi connectivity index (χ1v) is 13.1. The summed E-state index contributed by atoms with van der Waals surface area (Å²) in [4.78, 5) is 53.9. The molecule has 3 aliphatic heterocycles. The second-order valence-corrected chi connectivity index (χ2v) is 11.1. The predicted octanol–water partition coefficient (Wildman–Crippen LogP) is -0.552. The van der Waals surface area contributed by atoms with Gasteiger partial charge in [-0.05, 0) is 0 Å². The number of fused-ring (bicyclic) bond motifs is 1. The Balaban J connectivity index is 1.59. The number of amidine groups is 1. The molecule has 176 valence electrons. The van der Waals surface area contributed by atoms with Crippen LogP contribution in [0.4, 0.5) is 4.79 Å². The minimum Gasteiger partial charge on any atom is -0.394 e. The maximum Gasteiger partial charge on any atom is 0.488 e. The molecular weight excluding hydrogens is 491 g/mol. The highest BCUT2D eigenvalue weighted by Gasteiger charge is 2.44. The Bertz CT molecular complexity index is 932. The Labute approximate surface area is 173 Å². The van der Waals surface area contributed by atoms with E-state index in [4.69, 9.17) is 29.0 Å². The molecule has 3 rings (SSSR count). The first-order valence-electron chi connectivity index (χ1n) is 8.33. The van der Waals surface area contributed by atoms with Crippen LogP contribution in [-0.4, -0.2) is 73.0 Å². The van der Waals surface area contributed by atoms with Crippen LogP contribution in [0.5, 0.6) is 0 Å². The van der Waals surface area contributed by atoms with Crippen molar-refractivity contribution in [1.29, 1.82) is 0 Å². The molecule has 3 heterocycles. The highest BCUT2D eigenvalue weighted by Crippen LogP contribution is 2.66. The summed E-state index contributed by atoms with van der Waals surface area (Å²) >= 11 is 0. The van der Waals surface area contributed by atoms with E-state index in [1.54, 1.807) is 0 Å². The van der Waals surface area contributed by atoms with E-state index < -0.39 is 54.2 Å². The van der Waals surface area contributed by atoms with Crippen molar-refractivity contribution in [2.24, 2.45) is 5.16 Å². The smallest absolute Gasteiger partial charge is 0.394 e. The van der Waals surface area contributed by atoms with Crippen molar-refractivity contribution in [3.8, 4) is 0 Å². The normalized spacial score (nSPS) is 30.3. The number of oxime groups is 1. The van der Waals surface area contributed by atoms with E-state index in [1.807, 2.05) is 0 Å². The molecule has 1 saturated heterocycles. The van der Waals surface area contributed by atoms with Crippen molar-refractivity contribution in [1.82, 2.24) is 10.2 Å². The largest absolute Gasteiger partial charge is 0.488 e. The average molecular weight is 509 g/mol. The molecule has 20 heteroatoms. The second kappa shape index (κ2) is 8.98. The number of carbonyl (C=O) groups is 1. The van der Waals surface area contributed by atoms with Gasteiger partial charge in [0.15, 0.2) is 18.5 Å². The molecule has 6 N–H and O–H groups in total. The van der Waals surface area contributed by atoms with Crippen LogP contribution in [-0.2, 0) is 36.6 Å². The minimum absolute atomic E-state index is 0.152. The first-order chi connectivity index (χ1) is 14.2. The number of urea groups is 1. The van der Waals surface area contributed by atoms with E-state index in [0.29, 0.717) is 18.6 Å². The van der Waals surface area contributed by atoms with Gasteiger partial charge in [-0.1, -0.05) is 5.16 Å². The molecule has 31 heavy (non-hydrogen) atoms. The summed E-state index contributed by atoms with van der Waals surface area (Å²) in [5.74, 6) is 0.239. The molecular formula is C11H18N3O14P3. The van der Waals surface area contributed by atoms with E-state index in [9.17, 15) is 28.5 Å². The van der Waals surface area contributed by atoms with Crippen molar-refractivity contribution < 1.29 is 66.1 Å². The molecule has 0 radical (unpaired) electrons. The number of aliphatic hydroxyl groups is 1. The SMILES string of the molecule is O=C1NC2=NOCCC2=CN1[C@H]1C[C@@H](O)[C@@H](OCP(=O)(O)OP(=O)(O)OP(=O)(O)O)O1. The van der Waals surface area contributed by atoms with Gasteiger partial charge in [0.2, 0.25) is 0 Å². The number of aliphatic hydroxyl groups excluding tert-OH is 1. The molecule has 0 spiro atoms. The summed E-state index contributed by atoms with van der Waals surface area (Å²) in [6.45, 7) is 0.297. The number of nitrogens with zero attached hydrogens (tertiary/aromatic N) is 2. The third kappa shape index (κ3) is 6.65. The van der Waals surface area contributed by atoms with Crippen LogP contribution in [0.1, 0.15) is 12.8 Å². The van der Waals surface area contributed by atoms with Gasteiger partial charge in [0, 0.05) is 24.6 Å². The van der Waals surface area contributed by atoms with Crippen molar-refractivity contribution in [2.75, 3.05) is 13.0 Å². The number of carbonyl (C=O) groups excluding carboxylic acids is 1. The van der Waals surface area contributed by atoms with Crippen LogP contribution in [0, 0.1) is 0 Å². The standard InChI is InChI=1S/C11H18N3O14P3/c15-7-3-8(14-4-6-1-2-25-13-9(6)12-11(14)16)26-10(7)24-5-29(17,18)27-31(22,23)28-30(19,20)21/h4,7-8,10,15H,1-3,5H2,(H,17,18)(H,22,23)(H,12,13,16)(H2,19,20,21)/t7-,8-,10+/m1/s1. The molecule has 3 aliphatic rings. The van der Waals surface area contributed by atoms with Crippen molar-refractivity contribution in [2.45, 2.75) is 31.5 Å². The third-order valence-electron chi connectivity index (χ3n) is 3.88. The Morgan fingerprint density at radius 1 is 1.23 bits per heavy atom. The summed E-state index contributed by atoms with van der Waals surface area (Å²) < 4.78 is 51.4. The zero-order chi connectivity index (χ0) is 23.0. The van der Waals surface area contributed by atoms with Crippen LogP contribution in [0.15, 0.2) is 16.9 Å². The zero-order valence-corrected chi connectivity index (χ0v) is 18.0. The van der Waals surface area contributed by atoms with E-state index in [0.717, 1.165) is 4.90 Å². The van der Waals surface area contributed by atoms with Crippen molar-refractivity contribution in [3.63, 3.8) is 0 Å². The minimum atomic E-state index is -5.62. The van der Waals surface area contributed by atoms with Crippen LogP contribution in [0.25, 0.3) is 0 Å². The lowest BCUT2D eigenvalue weighted by Gasteiger charge is -2.31. The Kier molecular flexibility index (Phi) is 7.08. The molecule has 0 saturated carbocycles. The van der Waals surface area contributed by atoms with Crippen molar-refractivity contribution in [3.05, 3.63) is 11.8 Å². The highest BCUT2D eigenvalue weighted by molar-refractivity contribution is 7.68. The molecule has 0 bridgehead atoms. The lowest BCUT2D eigenvalue weighted by Crippen LogP contribution is -2.50.